The van der Waals surface area contributed by atoms with Crippen molar-refractivity contribution in [2.24, 2.45) is 11.8 Å². The summed E-state index contributed by atoms with van der Waals surface area (Å²) in [5.74, 6) is 1.69. The van der Waals surface area contributed by atoms with Gasteiger partial charge in [-0.1, -0.05) is 24.3 Å². The Kier molecular flexibility index (Phi) is 3.62. The summed E-state index contributed by atoms with van der Waals surface area (Å²) < 4.78 is 4.68. The lowest BCUT2D eigenvalue weighted by atomic mass is 9.69. The number of amides is 2. The fraction of sp³-hybridized carbons (Fsp3) is 0.636. The molecule has 5 nitrogen and oxygen atoms in total. The predicted octanol–water partition coefficient (Wildman–Crippen LogP) is 3.19. The van der Waals surface area contributed by atoms with E-state index in [2.05, 4.69) is 39.2 Å². The number of piperidine rings is 1. The molecule has 27 heavy (non-hydrogen) atoms. The van der Waals surface area contributed by atoms with Gasteiger partial charge in [-0.3, -0.25) is 4.79 Å². The van der Waals surface area contributed by atoms with Crippen molar-refractivity contribution in [3.8, 4) is 0 Å². The Labute approximate surface area is 160 Å². The summed E-state index contributed by atoms with van der Waals surface area (Å²) in [5.41, 5.74) is 2.82. The first kappa shape index (κ1) is 17.1. The fourth-order valence-electron chi connectivity index (χ4n) is 5.48. The third-order valence-corrected chi connectivity index (χ3v) is 7.30. The molecule has 0 aromatic heterocycles. The van der Waals surface area contributed by atoms with Crippen LogP contribution in [-0.4, -0.2) is 42.6 Å². The van der Waals surface area contributed by atoms with E-state index in [9.17, 15) is 9.59 Å². The maximum atomic E-state index is 13.0. The zero-order valence-corrected chi connectivity index (χ0v) is 16.2. The molecule has 3 aliphatic carbocycles. The molecule has 1 N–H and O–H groups in total. The van der Waals surface area contributed by atoms with Crippen LogP contribution in [0.4, 0.5) is 4.79 Å². The molecule has 0 spiro atoms. The number of carbonyl (C=O) groups excluding carboxylic acids is 2. The molecule has 0 radical (unpaired) electrons. The largest absolute Gasteiger partial charge is 0.453 e. The molecule has 4 fully saturated rings. The second-order valence-corrected chi connectivity index (χ2v) is 9.46. The van der Waals surface area contributed by atoms with E-state index >= 15 is 0 Å². The molecular weight excluding hydrogens is 340 g/mol. The van der Waals surface area contributed by atoms with E-state index in [1.165, 1.54) is 37.5 Å². The minimum Gasteiger partial charge on any atom is -0.453 e. The molecular formula is C22H28N2O3. The van der Waals surface area contributed by atoms with Crippen molar-refractivity contribution in [2.45, 2.75) is 55.9 Å². The van der Waals surface area contributed by atoms with Gasteiger partial charge < -0.3 is 15.0 Å². The maximum Gasteiger partial charge on any atom is 0.407 e. The zero-order chi connectivity index (χ0) is 18.8. The van der Waals surface area contributed by atoms with Crippen LogP contribution in [0.5, 0.6) is 0 Å². The molecule has 5 heteroatoms. The number of hydrogen-bond donors (Lipinski definition) is 1. The maximum absolute atomic E-state index is 13.0. The van der Waals surface area contributed by atoms with Crippen molar-refractivity contribution in [1.82, 2.24) is 10.2 Å². The van der Waals surface area contributed by atoms with Gasteiger partial charge in [0.2, 0.25) is 5.91 Å². The monoisotopic (exact) mass is 368 g/mol. The normalized spacial score (nSPS) is 36.6. The third kappa shape index (κ3) is 2.82. The smallest absolute Gasteiger partial charge is 0.407 e. The number of carbonyl (C=O) groups is 2. The Morgan fingerprint density at radius 1 is 1.22 bits per heavy atom. The van der Waals surface area contributed by atoms with E-state index in [0.717, 1.165) is 19.0 Å². The van der Waals surface area contributed by atoms with Crippen molar-refractivity contribution in [2.75, 3.05) is 20.2 Å². The number of fused-ring (bicyclic) bond motifs is 1. The summed E-state index contributed by atoms with van der Waals surface area (Å²) in [5, 5.41) is 2.86. The minimum atomic E-state index is -0.416. The van der Waals surface area contributed by atoms with Crippen LogP contribution >= 0.6 is 0 Å². The van der Waals surface area contributed by atoms with Gasteiger partial charge >= 0.3 is 6.09 Å². The second-order valence-electron chi connectivity index (χ2n) is 9.46. The van der Waals surface area contributed by atoms with E-state index in [1.807, 2.05) is 6.92 Å². The summed E-state index contributed by atoms with van der Waals surface area (Å²) >= 11 is 0. The number of methoxy groups -OCH3 is 1. The first-order valence-corrected chi connectivity index (χ1v) is 10.2. The molecule has 1 heterocycles. The Hall–Kier alpha value is -2.04. The summed E-state index contributed by atoms with van der Waals surface area (Å²) in [6, 6.07) is 9.14. The van der Waals surface area contributed by atoms with Crippen LogP contribution in [0.15, 0.2) is 24.3 Å². The summed E-state index contributed by atoms with van der Waals surface area (Å²) in [6.45, 7) is 3.74. The average Bonchev–Trinajstić information content (AvgIpc) is 3.57. The quantitative estimate of drug-likeness (QED) is 0.888. The van der Waals surface area contributed by atoms with Crippen LogP contribution in [0.3, 0.4) is 0 Å². The van der Waals surface area contributed by atoms with Crippen LogP contribution in [0, 0.1) is 11.8 Å². The average molecular weight is 368 g/mol. The number of benzene rings is 1. The highest BCUT2D eigenvalue weighted by Crippen LogP contribution is 2.60. The van der Waals surface area contributed by atoms with Gasteiger partial charge in [0.25, 0.3) is 0 Å². The van der Waals surface area contributed by atoms with Crippen LogP contribution in [0.1, 0.15) is 56.1 Å². The highest BCUT2D eigenvalue weighted by Gasteiger charge is 2.62. The first-order chi connectivity index (χ1) is 12.9. The molecule has 1 saturated heterocycles. The molecule has 5 rings (SSSR count). The Bertz CT molecular complexity index is 797. The van der Waals surface area contributed by atoms with E-state index in [1.54, 1.807) is 0 Å². The van der Waals surface area contributed by atoms with Gasteiger partial charge in [0.1, 0.15) is 0 Å². The number of nitrogens with one attached hydrogen (secondary N) is 1. The lowest BCUT2D eigenvalue weighted by Gasteiger charge is -2.45. The lowest BCUT2D eigenvalue weighted by molar-refractivity contribution is -0.140. The summed E-state index contributed by atoms with van der Waals surface area (Å²) in [4.78, 5) is 26.5. The number of likely N-dealkylation sites (tertiary alicyclic amines) is 1. The van der Waals surface area contributed by atoms with E-state index in [0.29, 0.717) is 18.8 Å². The van der Waals surface area contributed by atoms with Gasteiger partial charge in [0, 0.05) is 30.0 Å². The molecule has 2 unspecified atom stereocenters. The molecule has 0 bridgehead atoms. The lowest BCUT2D eigenvalue weighted by Crippen LogP contribution is -2.58. The number of ether oxygens (including phenoxy) is 1. The van der Waals surface area contributed by atoms with Crippen LogP contribution in [-0.2, 0) is 14.9 Å². The molecule has 3 saturated carbocycles. The third-order valence-electron chi connectivity index (χ3n) is 7.30. The topological polar surface area (TPSA) is 58.6 Å². The fourth-order valence-corrected chi connectivity index (χ4v) is 5.48. The predicted molar refractivity (Wildman–Crippen MR) is 101 cm³/mol. The number of nitrogens with zero attached hydrogens (tertiary/aromatic N) is 1. The van der Waals surface area contributed by atoms with Gasteiger partial charge in [-0.25, -0.2) is 4.79 Å². The highest BCUT2D eigenvalue weighted by atomic mass is 16.5. The number of hydrogen-bond acceptors (Lipinski definition) is 3. The van der Waals surface area contributed by atoms with Gasteiger partial charge in [0.05, 0.1) is 7.11 Å². The van der Waals surface area contributed by atoms with E-state index in [4.69, 9.17) is 0 Å². The molecule has 144 valence electrons. The Balaban J connectivity index is 1.23. The SMILES string of the molecule is COC(=O)N[C@]1(C)C[C@H](C(=O)N2CC3CC3(c3cccc(C4CC4)c3)C2)C1. The number of alkyl carbamates (subject to hydrolysis) is 1. The second kappa shape index (κ2) is 5.73. The van der Waals surface area contributed by atoms with Crippen molar-refractivity contribution in [3.63, 3.8) is 0 Å². The molecule has 1 aromatic rings. The Morgan fingerprint density at radius 3 is 2.70 bits per heavy atom. The number of rotatable bonds is 4. The van der Waals surface area contributed by atoms with Crippen molar-refractivity contribution in [1.29, 1.82) is 0 Å². The van der Waals surface area contributed by atoms with E-state index < -0.39 is 6.09 Å². The Morgan fingerprint density at radius 2 is 2.00 bits per heavy atom. The summed E-state index contributed by atoms with van der Waals surface area (Å²) in [7, 11) is 1.37. The first-order valence-electron chi connectivity index (χ1n) is 10.2. The molecule has 2 atom stereocenters. The summed E-state index contributed by atoms with van der Waals surface area (Å²) in [6.07, 6.45) is 4.85. The van der Waals surface area contributed by atoms with Crippen LogP contribution in [0.2, 0.25) is 0 Å². The van der Waals surface area contributed by atoms with Crippen molar-refractivity contribution < 1.29 is 14.3 Å². The molecule has 1 aliphatic heterocycles. The van der Waals surface area contributed by atoms with Gasteiger partial charge in [-0.2, -0.15) is 0 Å². The van der Waals surface area contributed by atoms with E-state index in [-0.39, 0.29) is 22.8 Å². The molecule has 1 aromatic carbocycles. The van der Waals surface area contributed by atoms with Crippen LogP contribution in [0.25, 0.3) is 0 Å². The minimum absolute atomic E-state index is 0.0273. The van der Waals surface area contributed by atoms with Gasteiger partial charge in [-0.05, 0) is 62.0 Å². The van der Waals surface area contributed by atoms with Crippen molar-refractivity contribution in [3.05, 3.63) is 35.4 Å². The standard InChI is InChI=1S/C22H28N2O3/c1-21(23-20(26)27-2)9-16(10-21)19(25)24-12-18-11-22(18,13-24)17-5-3-4-15(8-17)14-6-7-14/h3-5,8,14,16,18H,6-7,9-13H2,1-2H3,(H,23,26)/t16-,18?,21+,22?. The molecule has 2 amide bonds. The van der Waals surface area contributed by atoms with Gasteiger partial charge in [-0.15, -0.1) is 0 Å². The van der Waals surface area contributed by atoms with Gasteiger partial charge in [0.15, 0.2) is 0 Å². The zero-order valence-electron chi connectivity index (χ0n) is 16.2. The molecule has 4 aliphatic rings. The highest BCUT2D eigenvalue weighted by molar-refractivity contribution is 5.82. The van der Waals surface area contributed by atoms with Crippen molar-refractivity contribution >= 4 is 12.0 Å². The van der Waals surface area contributed by atoms with Crippen LogP contribution < -0.4 is 5.32 Å².